The predicted molar refractivity (Wildman–Crippen MR) is 97.4 cm³/mol. The Hall–Kier alpha value is -2.34. The van der Waals surface area contributed by atoms with E-state index < -0.39 is 15.1 Å². The summed E-state index contributed by atoms with van der Waals surface area (Å²) >= 11 is 0. The first kappa shape index (κ1) is 18.0. The minimum Gasteiger partial charge on any atom is -0.372 e. The maximum atomic E-state index is 12.3. The van der Waals surface area contributed by atoms with Crippen molar-refractivity contribution in [2.24, 2.45) is 0 Å². The van der Waals surface area contributed by atoms with E-state index in [1.165, 1.54) is 12.1 Å². The monoisotopic (exact) mass is 346 g/mol. The van der Waals surface area contributed by atoms with Crippen LogP contribution in [0.25, 0.3) is 0 Å². The van der Waals surface area contributed by atoms with Gasteiger partial charge in [0.2, 0.25) is 0 Å². The highest BCUT2D eigenvalue weighted by molar-refractivity contribution is 8.06. The smallest absolute Gasteiger partial charge is 0.345 e. The molecule has 2 rings (SSSR count). The SMILES string of the molecule is CCN(CC)c1ccc(NC(=O)S(=O)(=O)c2ccc(C)cc2)cc1. The quantitative estimate of drug-likeness (QED) is 0.893. The molecule has 2 aromatic carbocycles. The van der Waals surface area contributed by atoms with Crippen LogP contribution in [0.15, 0.2) is 53.4 Å². The highest BCUT2D eigenvalue weighted by atomic mass is 32.2. The van der Waals surface area contributed by atoms with Gasteiger partial charge in [-0.05, 0) is 57.2 Å². The molecule has 24 heavy (non-hydrogen) atoms. The van der Waals surface area contributed by atoms with E-state index in [9.17, 15) is 13.2 Å². The Labute approximate surface area is 143 Å². The molecular formula is C18H22N2O3S. The Morgan fingerprint density at radius 3 is 2.00 bits per heavy atom. The number of rotatable bonds is 5. The van der Waals surface area contributed by atoms with Crippen LogP contribution in [0.1, 0.15) is 19.4 Å². The molecule has 1 amide bonds. The maximum absolute atomic E-state index is 12.3. The van der Waals surface area contributed by atoms with E-state index in [0.29, 0.717) is 5.69 Å². The van der Waals surface area contributed by atoms with Crippen molar-refractivity contribution < 1.29 is 13.2 Å². The summed E-state index contributed by atoms with van der Waals surface area (Å²) in [5, 5.41) is 1.43. The lowest BCUT2D eigenvalue weighted by Gasteiger charge is -2.21. The molecule has 0 aliphatic carbocycles. The lowest BCUT2D eigenvalue weighted by molar-refractivity contribution is 0.267. The second-order valence-electron chi connectivity index (χ2n) is 5.45. The highest BCUT2D eigenvalue weighted by Gasteiger charge is 2.24. The number of hydrogen-bond acceptors (Lipinski definition) is 4. The van der Waals surface area contributed by atoms with E-state index in [1.54, 1.807) is 24.3 Å². The van der Waals surface area contributed by atoms with Crippen molar-refractivity contribution in [3.8, 4) is 0 Å². The zero-order valence-corrected chi connectivity index (χ0v) is 14.9. The largest absolute Gasteiger partial charge is 0.372 e. The fourth-order valence-electron chi connectivity index (χ4n) is 2.35. The molecule has 0 saturated carbocycles. The van der Waals surface area contributed by atoms with Crippen LogP contribution in [-0.2, 0) is 9.84 Å². The summed E-state index contributed by atoms with van der Waals surface area (Å²) in [5.41, 5.74) is 2.41. The predicted octanol–water partition coefficient (Wildman–Crippen LogP) is 3.85. The molecule has 0 bridgehead atoms. The van der Waals surface area contributed by atoms with Gasteiger partial charge in [0.25, 0.3) is 9.84 Å². The summed E-state index contributed by atoms with van der Waals surface area (Å²) in [6.07, 6.45) is 0. The summed E-state index contributed by atoms with van der Waals surface area (Å²) in [7, 11) is -4.05. The molecule has 128 valence electrons. The second kappa shape index (κ2) is 7.49. The van der Waals surface area contributed by atoms with Gasteiger partial charge in [-0.3, -0.25) is 4.79 Å². The first-order valence-corrected chi connectivity index (χ1v) is 9.34. The van der Waals surface area contributed by atoms with Crippen LogP contribution in [-0.4, -0.2) is 26.7 Å². The number of sulfone groups is 1. The van der Waals surface area contributed by atoms with Crippen LogP contribution in [0, 0.1) is 6.92 Å². The van der Waals surface area contributed by atoms with Crippen LogP contribution >= 0.6 is 0 Å². The van der Waals surface area contributed by atoms with Crippen molar-refractivity contribution in [1.29, 1.82) is 0 Å². The van der Waals surface area contributed by atoms with Gasteiger partial charge in [-0.25, -0.2) is 8.42 Å². The van der Waals surface area contributed by atoms with Gasteiger partial charge in [0.1, 0.15) is 0 Å². The molecule has 0 radical (unpaired) electrons. The van der Waals surface area contributed by atoms with Crippen molar-refractivity contribution in [3.05, 3.63) is 54.1 Å². The Morgan fingerprint density at radius 2 is 1.50 bits per heavy atom. The molecule has 0 unspecified atom stereocenters. The molecule has 0 aliphatic rings. The van der Waals surface area contributed by atoms with Crippen molar-refractivity contribution in [2.75, 3.05) is 23.3 Å². The van der Waals surface area contributed by atoms with Gasteiger partial charge < -0.3 is 10.2 Å². The fraction of sp³-hybridized carbons (Fsp3) is 0.278. The van der Waals surface area contributed by atoms with Crippen LogP contribution in [0.4, 0.5) is 16.2 Å². The Kier molecular flexibility index (Phi) is 5.62. The lowest BCUT2D eigenvalue weighted by atomic mass is 10.2. The summed E-state index contributed by atoms with van der Waals surface area (Å²) < 4.78 is 24.6. The van der Waals surface area contributed by atoms with Gasteiger partial charge in [-0.1, -0.05) is 17.7 Å². The van der Waals surface area contributed by atoms with Gasteiger partial charge >= 0.3 is 5.24 Å². The van der Waals surface area contributed by atoms with Crippen LogP contribution < -0.4 is 10.2 Å². The van der Waals surface area contributed by atoms with Gasteiger partial charge in [-0.15, -0.1) is 0 Å². The fourth-order valence-corrected chi connectivity index (χ4v) is 3.31. The van der Waals surface area contributed by atoms with E-state index in [-0.39, 0.29) is 4.90 Å². The zero-order valence-electron chi connectivity index (χ0n) is 14.1. The number of amides is 1. The topological polar surface area (TPSA) is 66.5 Å². The van der Waals surface area contributed by atoms with Crippen LogP contribution in [0.3, 0.4) is 0 Å². The maximum Gasteiger partial charge on any atom is 0.345 e. The van der Waals surface area contributed by atoms with Crippen LogP contribution in [0.2, 0.25) is 0 Å². The van der Waals surface area contributed by atoms with E-state index in [2.05, 4.69) is 24.1 Å². The number of carbonyl (C=O) groups excluding carboxylic acids is 1. The minimum atomic E-state index is -4.05. The minimum absolute atomic E-state index is 0.00892. The number of benzene rings is 2. The summed E-state index contributed by atoms with van der Waals surface area (Å²) in [6.45, 7) is 7.74. The van der Waals surface area contributed by atoms with Crippen molar-refractivity contribution in [1.82, 2.24) is 0 Å². The third kappa shape index (κ3) is 3.94. The molecular weight excluding hydrogens is 324 g/mol. The lowest BCUT2D eigenvalue weighted by Crippen LogP contribution is -2.23. The number of anilines is 2. The molecule has 0 aromatic heterocycles. The van der Waals surface area contributed by atoms with Crippen LogP contribution in [0.5, 0.6) is 0 Å². The van der Waals surface area contributed by atoms with Gasteiger partial charge in [0.05, 0.1) is 4.90 Å². The second-order valence-corrected chi connectivity index (χ2v) is 7.30. The Morgan fingerprint density at radius 1 is 0.958 bits per heavy atom. The molecule has 0 saturated heterocycles. The molecule has 0 fully saturated rings. The van der Waals surface area contributed by atoms with E-state index in [0.717, 1.165) is 24.3 Å². The third-order valence-electron chi connectivity index (χ3n) is 3.82. The van der Waals surface area contributed by atoms with E-state index in [1.807, 2.05) is 19.1 Å². The molecule has 1 N–H and O–H groups in total. The molecule has 0 spiro atoms. The van der Waals surface area contributed by atoms with Gasteiger partial charge in [-0.2, -0.15) is 0 Å². The van der Waals surface area contributed by atoms with Crippen molar-refractivity contribution in [3.63, 3.8) is 0 Å². The highest BCUT2D eigenvalue weighted by Crippen LogP contribution is 2.20. The van der Waals surface area contributed by atoms with Gasteiger partial charge in [0.15, 0.2) is 0 Å². The number of carbonyl (C=O) groups is 1. The first-order chi connectivity index (χ1) is 11.4. The number of hydrogen-bond donors (Lipinski definition) is 1. The average Bonchev–Trinajstić information content (AvgIpc) is 2.58. The van der Waals surface area contributed by atoms with Crippen molar-refractivity contribution >= 4 is 26.5 Å². The Bertz CT molecular complexity index is 793. The molecule has 0 heterocycles. The number of nitrogens with zero attached hydrogens (tertiary/aromatic N) is 1. The molecule has 0 aliphatic heterocycles. The summed E-state index contributed by atoms with van der Waals surface area (Å²) in [5.74, 6) is 0. The molecule has 5 nitrogen and oxygen atoms in total. The average molecular weight is 346 g/mol. The Balaban J connectivity index is 2.15. The van der Waals surface area contributed by atoms with E-state index in [4.69, 9.17) is 0 Å². The standard InChI is InChI=1S/C18H22N2O3S/c1-4-20(5-2)16-10-8-15(9-11-16)19-18(21)24(22,23)17-12-6-14(3)7-13-17/h6-13H,4-5H2,1-3H3,(H,19,21). The van der Waals surface area contributed by atoms with Gasteiger partial charge in [0, 0.05) is 24.5 Å². The number of nitrogens with one attached hydrogen (secondary N) is 1. The molecule has 6 heteroatoms. The zero-order chi connectivity index (χ0) is 17.7. The third-order valence-corrected chi connectivity index (χ3v) is 5.30. The molecule has 0 atom stereocenters. The van der Waals surface area contributed by atoms with E-state index >= 15 is 0 Å². The summed E-state index contributed by atoms with van der Waals surface area (Å²) in [4.78, 5) is 14.3. The van der Waals surface area contributed by atoms with Crippen molar-refractivity contribution in [2.45, 2.75) is 25.7 Å². The molecule has 2 aromatic rings. The normalized spacial score (nSPS) is 11.1. The first-order valence-electron chi connectivity index (χ1n) is 7.86. The summed E-state index contributed by atoms with van der Waals surface area (Å²) in [6, 6.07) is 13.3. The number of aryl methyl sites for hydroxylation is 1.